The lowest BCUT2D eigenvalue weighted by atomic mass is 9.81. The van der Waals surface area contributed by atoms with Crippen LogP contribution < -0.4 is 16.0 Å². The molecule has 15 nitrogen and oxygen atoms in total. The van der Waals surface area contributed by atoms with Gasteiger partial charge in [0.25, 0.3) is 0 Å². The summed E-state index contributed by atoms with van der Waals surface area (Å²) < 4.78 is 18.4. The van der Waals surface area contributed by atoms with Gasteiger partial charge < -0.3 is 30.2 Å². The zero-order valence-corrected chi connectivity index (χ0v) is 31.0. The molecule has 0 spiro atoms. The van der Waals surface area contributed by atoms with Gasteiger partial charge in [-0.25, -0.2) is 0 Å². The molecule has 282 valence electrons. The lowest BCUT2D eigenvalue weighted by molar-refractivity contribution is -0.140. The molecule has 1 aliphatic heterocycles. The van der Waals surface area contributed by atoms with Crippen LogP contribution in [0.3, 0.4) is 0 Å². The minimum atomic E-state index is -0.543. The number of ether oxygens (including phenoxy) is 3. The highest BCUT2D eigenvalue weighted by Crippen LogP contribution is 2.30. The first-order valence-electron chi connectivity index (χ1n) is 17.9. The quantitative estimate of drug-likeness (QED) is 0.160. The van der Waals surface area contributed by atoms with Crippen LogP contribution in [0.2, 0.25) is 0 Å². The van der Waals surface area contributed by atoms with E-state index in [2.05, 4.69) is 26.3 Å². The van der Waals surface area contributed by atoms with Crippen molar-refractivity contribution in [1.82, 2.24) is 35.8 Å². The van der Waals surface area contributed by atoms with Gasteiger partial charge in [0, 0.05) is 51.1 Å². The number of hydrogen-bond acceptors (Lipinski definition) is 10. The Morgan fingerprint density at radius 1 is 0.980 bits per heavy atom. The number of nitrogens with one attached hydrogen (secondary N) is 3. The summed E-state index contributed by atoms with van der Waals surface area (Å²) in [5.74, 6) is -0.395. The maximum Gasteiger partial charge on any atom is 0.246 e. The van der Waals surface area contributed by atoms with Gasteiger partial charge in [-0.2, -0.15) is 0 Å². The molecule has 1 aromatic heterocycles. The van der Waals surface area contributed by atoms with Gasteiger partial charge in [0.15, 0.2) is 0 Å². The molecule has 5 amide bonds. The number of amides is 5. The van der Waals surface area contributed by atoms with Crippen molar-refractivity contribution in [3.63, 3.8) is 0 Å². The summed E-state index contributed by atoms with van der Waals surface area (Å²) in [6.07, 6.45) is 6.81. The average molecular weight is 706 g/mol. The highest BCUT2D eigenvalue weighted by molar-refractivity contribution is 6.01. The van der Waals surface area contributed by atoms with E-state index >= 15 is 0 Å². The van der Waals surface area contributed by atoms with Crippen LogP contribution in [0, 0.1) is 17.8 Å². The topological polar surface area (TPSA) is 183 Å². The second kappa shape index (κ2) is 19.3. The Bertz CT molecular complexity index is 1270. The number of nitrogens with zero attached hydrogens (tertiary/aromatic N) is 4. The first kappa shape index (κ1) is 41.0. The van der Waals surface area contributed by atoms with E-state index < -0.39 is 11.1 Å². The SMILES string of the molecule is COCC(NC(=O)COCC(=O)NC(C)(C)CCOC(C)(C)CCn1cc(CNC(=O)C2CCC(CN3C(=O)CCC3=O)CC2)nn1)C(C)C. The molecule has 50 heavy (non-hydrogen) atoms. The number of aryl methyl sites for hydroxylation is 1. The molecular formula is C35H59N7O8. The molecule has 0 bridgehead atoms. The number of rotatable bonds is 21. The van der Waals surface area contributed by atoms with Crippen LogP contribution in [-0.4, -0.2) is 107 Å². The third-order valence-electron chi connectivity index (χ3n) is 9.45. The number of methoxy groups -OCH3 is 1. The third-order valence-corrected chi connectivity index (χ3v) is 9.45. The molecule has 1 saturated carbocycles. The molecular weight excluding hydrogens is 646 g/mol. The predicted octanol–water partition coefficient (Wildman–Crippen LogP) is 2.12. The minimum absolute atomic E-state index is 0.00610. The lowest BCUT2D eigenvalue weighted by Crippen LogP contribution is -2.47. The smallest absolute Gasteiger partial charge is 0.246 e. The van der Waals surface area contributed by atoms with E-state index in [9.17, 15) is 24.0 Å². The molecule has 1 atom stereocenters. The zero-order chi connectivity index (χ0) is 36.9. The summed E-state index contributed by atoms with van der Waals surface area (Å²) in [5, 5.41) is 17.2. The van der Waals surface area contributed by atoms with Crippen LogP contribution in [-0.2, 0) is 51.3 Å². The summed E-state index contributed by atoms with van der Waals surface area (Å²) in [4.78, 5) is 62.7. The molecule has 1 aliphatic carbocycles. The Labute approximate surface area is 296 Å². The fraction of sp³-hybridized carbons (Fsp3) is 0.800. The van der Waals surface area contributed by atoms with E-state index in [0.717, 1.165) is 25.7 Å². The predicted molar refractivity (Wildman–Crippen MR) is 184 cm³/mol. The van der Waals surface area contributed by atoms with Gasteiger partial charge in [0.1, 0.15) is 18.9 Å². The summed E-state index contributed by atoms with van der Waals surface area (Å²) in [6, 6.07) is -0.125. The number of hydrogen-bond donors (Lipinski definition) is 3. The van der Waals surface area contributed by atoms with E-state index in [1.807, 2.05) is 47.7 Å². The second-order valence-corrected chi connectivity index (χ2v) is 15.2. The largest absolute Gasteiger partial charge is 0.383 e. The van der Waals surface area contributed by atoms with Gasteiger partial charge >= 0.3 is 0 Å². The van der Waals surface area contributed by atoms with Crippen LogP contribution in [0.1, 0.15) is 98.6 Å². The molecule has 15 heteroatoms. The minimum Gasteiger partial charge on any atom is -0.383 e. The van der Waals surface area contributed by atoms with Crippen molar-refractivity contribution >= 4 is 29.5 Å². The van der Waals surface area contributed by atoms with Crippen molar-refractivity contribution in [3.8, 4) is 0 Å². The van der Waals surface area contributed by atoms with Gasteiger partial charge in [-0.1, -0.05) is 19.1 Å². The molecule has 3 N–H and O–H groups in total. The Kier molecular flexibility index (Phi) is 15.8. The number of imide groups is 1. The van der Waals surface area contributed by atoms with Crippen molar-refractivity contribution in [1.29, 1.82) is 0 Å². The highest BCUT2D eigenvalue weighted by Gasteiger charge is 2.33. The first-order valence-corrected chi connectivity index (χ1v) is 17.9. The number of aromatic nitrogens is 3. The van der Waals surface area contributed by atoms with E-state index in [1.54, 1.807) is 11.8 Å². The second-order valence-electron chi connectivity index (χ2n) is 15.2. The lowest BCUT2D eigenvalue weighted by Gasteiger charge is -2.30. The molecule has 2 aliphatic rings. The molecule has 2 fully saturated rings. The Balaban J connectivity index is 1.29. The summed E-state index contributed by atoms with van der Waals surface area (Å²) in [6.45, 7) is 13.5. The van der Waals surface area contributed by atoms with Crippen molar-refractivity contribution in [2.45, 2.75) is 123 Å². The molecule has 1 aromatic rings. The van der Waals surface area contributed by atoms with E-state index in [1.165, 1.54) is 4.90 Å². The zero-order valence-electron chi connectivity index (χ0n) is 31.0. The molecule has 1 unspecified atom stereocenters. The molecule has 0 radical (unpaired) electrons. The summed E-state index contributed by atoms with van der Waals surface area (Å²) in [5.41, 5.74) is -0.328. The van der Waals surface area contributed by atoms with E-state index in [0.29, 0.717) is 64.2 Å². The summed E-state index contributed by atoms with van der Waals surface area (Å²) in [7, 11) is 1.58. The van der Waals surface area contributed by atoms with Crippen LogP contribution in [0.4, 0.5) is 0 Å². The maximum atomic E-state index is 12.8. The van der Waals surface area contributed by atoms with Crippen molar-refractivity contribution in [2.75, 3.05) is 40.1 Å². The monoisotopic (exact) mass is 705 g/mol. The van der Waals surface area contributed by atoms with E-state index in [4.69, 9.17) is 14.2 Å². The Morgan fingerprint density at radius 2 is 1.64 bits per heavy atom. The average Bonchev–Trinajstić information content (AvgIpc) is 3.64. The fourth-order valence-electron chi connectivity index (χ4n) is 6.12. The molecule has 0 aromatic carbocycles. The van der Waals surface area contributed by atoms with Gasteiger partial charge in [-0.05, 0) is 78.1 Å². The highest BCUT2D eigenvalue weighted by atomic mass is 16.5. The molecule has 1 saturated heterocycles. The van der Waals surface area contributed by atoms with Gasteiger partial charge in [-0.3, -0.25) is 33.6 Å². The number of carbonyl (C=O) groups is 5. The van der Waals surface area contributed by atoms with E-state index in [-0.39, 0.29) is 66.5 Å². The first-order chi connectivity index (χ1) is 23.6. The van der Waals surface area contributed by atoms with Crippen molar-refractivity contribution in [3.05, 3.63) is 11.9 Å². The van der Waals surface area contributed by atoms with Crippen LogP contribution in [0.15, 0.2) is 6.20 Å². The van der Waals surface area contributed by atoms with Gasteiger partial charge in [-0.15, -0.1) is 5.10 Å². The number of likely N-dealkylation sites (tertiary alicyclic amines) is 1. The number of carbonyl (C=O) groups excluding carboxylic acids is 5. The Hall–Kier alpha value is -3.43. The standard InChI is InChI=1S/C35H59N7O8/c1-24(2)28(21-48-7)37-29(43)22-49-23-30(44)38-34(3,4)15-17-50-35(5,6)14-16-41-20-27(39-40-41)18-36-33(47)26-10-8-25(9-11-26)19-42-31(45)12-13-32(42)46/h20,24-26,28H,8-19,21-23H2,1-7H3,(H,36,47)(H,37,43)(H,38,44). The van der Waals surface area contributed by atoms with Crippen LogP contribution >= 0.6 is 0 Å². The van der Waals surface area contributed by atoms with Crippen molar-refractivity contribution < 1.29 is 38.2 Å². The third kappa shape index (κ3) is 14.1. The van der Waals surface area contributed by atoms with Crippen LogP contribution in [0.25, 0.3) is 0 Å². The van der Waals surface area contributed by atoms with Gasteiger partial charge in [0.2, 0.25) is 29.5 Å². The maximum absolute atomic E-state index is 12.8. The normalized spacial score (nSPS) is 19.2. The summed E-state index contributed by atoms with van der Waals surface area (Å²) >= 11 is 0. The fourth-order valence-corrected chi connectivity index (χ4v) is 6.12. The Morgan fingerprint density at radius 3 is 2.28 bits per heavy atom. The molecule has 3 rings (SSSR count). The molecule has 2 heterocycles. The van der Waals surface area contributed by atoms with Crippen LogP contribution in [0.5, 0.6) is 0 Å². The van der Waals surface area contributed by atoms with Crippen molar-refractivity contribution in [2.24, 2.45) is 17.8 Å². The van der Waals surface area contributed by atoms with Gasteiger partial charge in [0.05, 0.1) is 31.0 Å².